The number of alkyl halides is 2. The number of halogens is 2. The highest BCUT2D eigenvalue weighted by Crippen LogP contribution is 2.37. The molecule has 5 rings (SSSR count). The van der Waals surface area contributed by atoms with Gasteiger partial charge in [-0.15, -0.1) is 22.7 Å². The van der Waals surface area contributed by atoms with Gasteiger partial charge < -0.3 is 9.64 Å². The highest BCUT2D eigenvalue weighted by Gasteiger charge is 2.28. The molecule has 0 spiro atoms. The Balaban J connectivity index is 1.50. The molecule has 0 fully saturated rings. The molecule has 3 aromatic heterocycles. The third-order valence-corrected chi connectivity index (χ3v) is 7.14. The fourth-order valence-electron chi connectivity index (χ4n) is 3.98. The van der Waals surface area contributed by atoms with Crippen molar-refractivity contribution in [1.82, 2.24) is 9.55 Å². The van der Waals surface area contributed by atoms with Crippen molar-refractivity contribution in [2.45, 2.75) is 26.0 Å². The quantitative estimate of drug-likeness (QED) is 0.419. The lowest BCUT2D eigenvalue weighted by Crippen LogP contribution is -2.40. The smallest absolute Gasteiger partial charge is 0.387 e. The van der Waals surface area contributed by atoms with Gasteiger partial charge in [-0.3, -0.25) is 14.2 Å². The zero-order chi connectivity index (χ0) is 22.2. The van der Waals surface area contributed by atoms with E-state index in [2.05, 4.69) is 9.72 Å². The summed E-state index contributed by atoms with van der Waals surface area (Å²) in [6.45, 7) is -2.88. The van der Waals surface area contributed by atoms with E-state index in [0.29, 0.717) is 35.3 Å². The summed E-state index contributed by atoms with van der Waals surface area (Å²) in [5.41, 5.74) is 1.61. The Labute approximate surface area is 189 Å². The Morgan fingerprint density at radius 3 is 2.88 bits per heavy atom. The minimum atomic E-state index is -3.00. The van der Waals surface area contributed by atoms with Gasteiger partial charge in [0.15, 0.2) is 0 Å². The number of rotatable bonds is 5. The molecule has 4 heterocycles. The maximum Gasteiger partial charge on any atom is 0.387 e. The van der Waals surface area contributed by atoms with Crippen LogP contribution < -0.4 is 15.2 Å². The molecule has 0 radical (unpaired) electrons. The van der Waals surface area contributed by atoms with Crippen LogP contribution in [0.5, 0.6) is 5.75 Å². The summed E-state index contributed by atoms with van der Waals surface area (Å²) >= 11 is 2.91. The number of aromatic nitrogens is 2. The zero-order valence-corrected chi connectivity index (χ0v) is 18.3. The Kier molecular flexibility index (Phi) is 5.48. The molecule has 1 aliphatic rings. The van der Waals surface area contributed by atoms with Gasteiger partial charge in [0.2, 0.25) is 5.91 Å². The van der Waals surface area contributed by atoms with Crippen LogP contribution in [-0.4, -0.2) is 28.6 Å². The Morgan fingerprint density at radius 1 is 1.22 bits per heavy atom. The molecule has 0 aliphatic carbocycles. The van der Waals surface area contributed by atoms with Gasteiger partial charge in [0.1, 0.15) is 17.1 Å². The number of nitrogens with zero attached hydrogens (tertiary/aromatic N) is 3. The number of ether oxygens (including phenoxy) is 1. The van der Waals surface area contributed by atoms with Gasteiger partial charge >= 0.3 is 6.61 Å². The predicted octanol–water partition coefficient (Wildman–Crippen LogP) is 4.77. The van der Waals surface area contributed by atoms with E-state index in [9.17, 15) is 18.4 Å². The van der Waals surface area contributed by atoms with Crippen molar-refractivity contribution < 1.29 is 18.3 Å². The maximum atomic E-state index is 13.2. The fraction of sp³-hybridized carbons (Fsp3) is 0.227. The first-order chi connectivity index (χ1) is 15.5. The summed E-state index contributed by atoms with van der Waals surface area (Å²) in [4.78, 5) is 33.8. The van der Waals surface area contributed by atoms with E-state index >= 15 is 0 Å². The van der Waals surface area contributed by atoms with E-state index in [1.165, 1.54) is 44.5 Å². The van der Waals surface area contributed by atoms with Crippen LogP contribution in [-0.2, 0) is 17.8 Å². The standard InChI is InChI=1S/C22H17F2N3O3S2/c23-22(24)30-15-6-1-4-13-5-2-8-27(19(13)15)17(28)10-26-12-25-20-18(21(26)29)14(11-32-20)16-7-3-9-31-16/h1,3-4,6-7,9,11-12,22H,2,5,8,10H2. The lowest BCUT2D eigenvalue weighted by molar-refractivity contribution is -0.119. The second-order valence-electron chi connectivity index (χ2n) is 7.28. The average Bonchev–Trinajstić information content (AvgIpc) is 3.45. The number of thiophene rings is 2. The van der Waals surface area contributed by atoms with Crippen molar-refractivity contribution in [2.75, 3.05) is 11.4 Å². The molecule has 0 bridgehead atoms. The van der Waals surface area contributed by atoms with Crippen LogP contribution in [0.15, 0.2) is 52.2 Å². The normalized spacial score (nSPS) is 13.5. The second-order valence-corrected chi connectivity index (χ2v) is 9.08. The van der Waals surface area contributed by atoms with Gasteiger partial charge in [-0.05, 0) is 35.9 Å². The Morgan fingerprint density at radius 2 is 2.09 bits per heavy atom. The topological polar surface area (TPSA) is 64.4 Å². The highest BCUT2D eigenvalue weighted by atomic mass is 32.1. The molecule has 164 valence electrons. The maximum absolute atomic E-state index is 13.2. The van der Waals surface area contributed by atoms with Gasteiger partial charge in [0, 0.05) is 22.4 Å². The summed E-state index contributed by atoms with van der Waals surface area (Å²) in [6, 6.07) is 8.70. The SMILES string of the molecule is O=C(Cn1cnc2scc(-c3cccs3)c2c1=O)N1CCCc2cccc(OC(F)F)c21. The number of aryl methyl sites for hydroxylation is 1. The molecule has 1 aliphatic heterocycles. The summed E-state index contributed by atoms with van der Waals surface area (Å²) in [5.74, 6) is -0.420. The number of para-hydroxylation sites is 1. The third-order valence-electron chi connectivity index (χ3n) is 5.35. The average molecular weight is 474 g/mol. The van der Waals surface area contributed by atoms with E-state index < -0.39 is 6.61 Å². The monoisotopic (exact) mass is 473 g/mol. The van der Waals surface area contributed by atoms with Gasteiger partial charge in [0.05, 0.1) is 17.4 Å². The Bertz CT molecular complexity index is 1350. The van der Waals surface area contributed by atoms with Crippen LogP contribution in [0.2, 0.25) is 0 Å². The van der Waals surface area contributed by atoms with E-state index in [1.54, 1.807) is 12.1 Å². The second kappa shape index (κ2) is 8.44. The number of fused-ring (bicyclic) bond motifs is 2. The predicted molar refractivity (Wildman–Crippen MR) is 121 cm³/mol. The van der Waals surface area contributed by atoms with Gasteiger partial charge in [-0.25, -0.2) is 4.98 Å². The largest absolute Gasteiger partial charge is 0.433 e. The van der Waals surface area contributed by atoms with Crippen LogP contribution in [0.1, 0.15) is 12.0 Å². The van der Waals surface area contributed by atoms with Gasteiger partial charge in [-0.2, -0.15) is 8.78 Å². The molecule has 32 heavy (non-hydrogen) atoms. The molecule has 10 heteroatoms. The van der Waals surface area contributed by atoms with Crippen molar-refractivity contribution >= 4 is 44.5 Å². The lowest BCUT2D eigenvalue weighted by Gasteiger charge is -2.31. The molecular weight excluding hydrogens is 456 g/mol. The molecule has 0 N–H and O–H groups in total. The molecule has 0 unspecified atom stereocenters. The van der Waals surface area contributed by atoms with Gasteiger partial charge in [0.25, 0.3) is 5.56 Å². The highest BCUT2D eigenvalue weighted by molar-refractivity contribution is 7.18. The van der Waals surface area contributed by atoms with Crippen LogP contribution in [0.3, 0.4) is 0 Å². The minimum Gasteiger partial charge on any atom is -0.433 e. The number of hydrogen-bond donors (Lipinski definition) is 0. The number of benzene rings is 1. The van der Waals surface area contributed by atoms with Crippen LogP contribution in [0.25, 0.3) is 20.7 Å². The van der Waals surface area contributed by atoms with Crippen LogP contribution >= 0.6 is 22.7 Å². The van der Waals surface area contributed by atoms with Crippen LogP contribution in [0.4, 0.5) is 14.5 Å². The van der Waals surface area contributed by atoms with Crippen LogP contribution in [0, 0.1) is 0 Å². The van der Waals surface area contributed by atoms with Crippen molar-refractivity contribution in [3.63, 3.8) is 0 Å². The minimum absolute atomic E-state index is 0.0377. The first-order valence-corrected chi connectivity index (χ1v) is 11.7. The molecule has 1 aromatic carbocycles. The summed E-state index contributed by atoms with van der Waals surface area (Å²) in [6.07, 6.45) is 2.71. The molecule has 0 saturated carbocycles. The Hall–Kier alpha value is -3.11. The van der Waals surface area contributed by atoms with E-state index in [1.807, 2.05) is 22.9 Å². The third kappa shape index (κ3) is 3.69. The van der Waals surface area contributed by atoms with Crippen molar-refractivity contribution in [3.05, 3.63) is 63.3 Å². The van der Waals surface area contributed by atoms with Crippen molar-refractivity contribution in [1.29, 1.82) is 0 Å². The lowest BCUT2D eigenvalue weighted by atomic mass is 10.0. The molecular formula is C22H17F2N3O3S2. The zero-order valence-electron chi connectivity index (χ0n) is 16.7. The number of amides is 1. The number of carbonyl (C=O) groups excluding carboxylic acids is 1. The number of hydrogen-bond acceptors (Lipinski definition) is 6. The van der Waals surface area contributed by atoms with E-state index in [-0.39, 0.29) is 23.8 Å². The molecule has 6 nitrogen and oxygen atoms in total. The summed E-state index contributed by atoms with van der Waals surface area (Å²) in [5, 5.41) is 4.31. The first kappa shape index (κ1) is 20.8. The summed E-state index contributed by atoms with van der Waals surface area (Å²) in [7, 11) is 0. The molecule has 0 atom stereocenters. The van der Waals surface area contributed by atoms with E-state index in [4.69, 9.17) is 0 Å². The number of carbonyl (C=O) groups is 1. The summed E-state index contributed by atoms with van der Waals surface area (Å²) < 4.78 is 31.8. The molecule has 0 saturated heterocycles. The van der Waals surface area contributed by atoms with Crippen molar-refractivity contribution in [2.24, 2.45) is 0 Å². The molecule has 4 aromatic rings. The number of anilines is 1. The van der Waals surface area contributed by atoms with E-state index in [0.717, 1.165) is 16.0 Å². The van der Waals surface area contributed by atoms with Crippen molar-refractivity contribution in [3.8, 4) is 16.2 Å². The fourth-order valence-corrected chi connectivity index (χ4v) is 5.70. The first-order valence-electron chi connectivity index (χ1n) is 9.90. The van der Waals surface area contributed by atoms with Gasteiger partial charge in [-0.1, -0.05) is 18.2 Å². The molecule has 1 amide bonds.